The summed E-state index contributed by atoms with van der Waals surface area (Å²) in [5.41, 5.74) is -2.07. The number of pyridine rings is 1. The number of aromatic nitrogens is 1. The molecule has 1 aromatic carbocycles. The summed E-state index contributed by atoms with van der Waals surface area (Å²) >= 11 is 0. The van der Waals surface area contributed by atoms with Gasteiger partial charge in [-0.2, -0.15) is 26.3 Å². The predicted molar refractivity (Wildman–Crippen MR) is 108 cm³/mol. The number of nitrogens with two attached hydrogens (primary N) is 1. The zero-order valence-corrected chi connectivity index (χ0v) is 18.0. The van der Waals surface area contributed by atoms with Gasteiger partial charge in [0.15, 0.2) is 6.10 Å². The van der Waals surface area contributed by atoms with Crippen molar-refractivity contribution in [2.24, 2.45) is 5.14 Å². The Morgan fingerprint density at radius 1 is 1.18 bits per heavy atom. The molecule has 0 aliphatic carbocycles. The van der Waals surface area contributed by atoms with E-state index in [4.69, 9.17) is 9.88 Å². The van der Waals surface area contributed by atoms with Crippen LogP contribution < -0.4 is 15.4 Å². The molecule has 0 radical (unpaired) electrons. The minimum atomic E-state index is -4.88. The standard InChI is InChI=1S/C19H18F6N4O4S/c20-18(21,22)11-7-14(17(30)28-12-3-1-4-13(8-12)34(26,31)32)16(27-9-11)29-5-2-6-33-15(10-29)19(23,24)25/h1,3-4,7-9,15H,2,5-6,10H2,(H,28,30)(H2,26,31,32)/t15-/m1/s1. The van der Waals surface area contributed by atoms with Gasteiger partial charge >= 0.3 is 12.4 Å². The fourth-order valence-corrected chi connectivity index (χ4v) is 3.76. The highest BCUT2D eigenvalue weighted by Crippen LogP contribution is 2.33. The van der Waals surface area contributed by atoms with Gasteiger partial charge in [0.2, 0.25) is 10.0 Å². The van der Waals surface area contributed by atoms with Crippen molar-refractivity contribution in [3.8, 4) is 0 Å². The van der Waals surface area contributed by atoms with Gasteiger partial charge < -0.3 is 15.0 Å². The lowest BCUT2D eigenvalue weighted by Crippen LogP contribution is -2.42. The summed E-state index contributed by atoms with van der Waals surface area (Å²) in [7, 11) is -4.14. The fourth-order valence-electron chi connectivity index (χ4n) is 3.20. The number of primary sulfonamides is 1. The van der Waals surface area contributed by atoms with Crippen molar-refractivity contribution in [2.75, 3.05) is 29.9 Å². The van der Waals surface area contributed by atoms with Crippen molar-refractivity contribution >= 4 is 27.4 Å². The molecule has 15 heteroatoms. The zero-order valence-electron chi connectivity index (χ0n) is 17.2. The molecule has 1 aliphatic rings. The van der Waals surface area contributed by atoms with Crippen LogP contribution >= 0.6 is 0 Å². The lowest BCUT2D eigenvalue weighted by molar-refractivity contribution is -0.214. The van der Waals surface area contributed by atoms with Crippen LogP contribution in [-0.4, -0.2) is 51.3 Å². The van der Waals surface area contributed by atoms with E-state index in [1.54, 1.807) is 0 Å². The molecule has 186 valence electrons. The van der Waals surface area contributed by atoms with Crippen LogP contribution in [0.2, 0.25) is 0 Å². The Bertz CT molecular complexity index is 1170. The molecule has 8 nitrogen and oxygen atoms in total. The number of carbonyl (C=O) groups excluding carboxylic acids is 1. The van der Waals surface area contributed by atoms with E-state index in [-0.39, 0.29) is 30.2 Å². The number of amides is 1. The third-order valence-electron chi connectivity index (χ3n) is 4.80. The molecule has 1 fully saturated rings. The third-order valence-corrected chi connectivity index (χ3v) is 5.71. The first-order valence-corrected chi connectivity index (χ1v) is 11.2. The molecule has 1 atom stereocenters. The lowest BCUT2D eigenvalue weighted by atomic mass is 10.1. The average Bonchev–Trinajstić information content (AvgIpc) is 2.98. The van der Waals surface area contributed by atoms with Crippen molar-refractivity contribution < 1.29 is 44.3 Å². The monoisotopic (exact) mass is 512 g/mol. The van der Waals surface area contributed by atoms with E-state index in [0.29, 0.717) is 12.3 Å². The molecule has 2 heterocycles. The molecule has 3 N–H and O–H groups in total. The minimum absolute atomic E-state index is 0.0634. The molecular formula is C19H18F6N4O4S. The Hall–Kier alpha value is -2.91. The maximum absolute atomic E-state index is 13.3. The number of nitrogens with zero attached hydrogens (tertiary/aromatic N) is 2. The van der Waals surface area contributed by atoms with Gasteiger partial charge in [-0.1, -0.05) is 6.07 Å². The van der Waals surface area contributed by atoms with Gasteiger partial charge in [-0.15, -0.1) is 0 Å². The highest BCUT2D eigenvalue weighted by atomic mass is 32.2. The topological polar surface area (TPSA) is 115 Å². The van der Waals surface area contributed by atoms with Crippen molar-refractivity contribution in [2.45, 2.75) is 29.8 Å². The van der Waals surface area contributed by atoms with E-state index in [0.717, 1.165) is 17.0 Å². The van der Waals surface area contributed by atoms with Gasteiger partial charge in [-0.3, -0.25) is 4.79 Å². The number of carbonyl (C=O) groups is 1. The first kappa shape index (κ1) is 25.7. The first-order chi connectivity index (χ1) is 15.7. The summed E-state index contributed by atoms with van der Waals surface area (Å²) in [4.78, 5) is 17.2. The fraction of sp³-hybridized carbons (Fsp3) is 0.368. The number of hydrogen-bond acceptors (Lipinski definition) is 6. The van der Waals surface area contributed by atoms with E-state index in [1.807, 2.05) is 0 Å². The van der Waals surface area contributed by atoms with Crippen LogP contribution in [0.1, 0.15) is 22.3 Å². The third kappa shape index (κ3) is 6.15. The zero-order chi connectivity index (χ0) is 25.3. The smallest absolute Gasteiger partial charge is 0.367 e. The van der Waals surface area contributed by atoms with E-state index < -0.39 is 57.9 Å². The second kappa shape index (κ2) is 9.38. The summed E-state index contributed by atoms with van der Waals surface area (Å²) in [6.45, 7) is -1.10. The van der Waals surface area contributed by atoms with Gasteiger partial charge in [0.05, 0.1) is 22.6 Å². The second-order valence-electron chi connectivity index (χ2n) is 7.32. The minimum Gasteiger partial charge on any atom is -0.367 e. The number of benzene rings is 1. The molecule has 1 saturated heterocycles. The summed E-state index contributed by atoms with van der Waals surface area (Å²) in [6.07, 6.45) is -11.3. The predicted octanol–water partition coefficient (Wildman–Crippen LogP) is 3.16. The first-order valence-electron chi connectivity index (χ1n) is 9.61. The SMILES string of the molecule is NS(=O)(=O)c1cccc(NC(=O)c2cc(C(F)(F)F)cnc2N2CCCO[C@@H](C(F)(F)F)C2)c1. The lowest BCUT2D eigenvalue weighted by Gasteiger charge is -2.27. The van der Waals surface area contributed by atoms with Crippen LogP contribution in [0.3, 0.4) is 0 Å². The molecule has 0 unspecified atom stereocenters. The van der Waals surface area contributed by atoms with Crippen LogP contribution in [0.4, 0.5) is 37.8 Å². The van der Waals surface area contributed by atoms with Gasteiger partial charge in [-0.25, -0.2) is 18.5 Å². The van der Waals surface area contributed by atoms with Gasteiger partial charge in [0.1, 0.15) is 5.82 Å². The number of ether oxygens (including phenoxy) is 1. The Labute approximate surface area is 189 Å². The van der Waals surface area contributed by atoms with E-state index >= 15 is 0 Å². The van der Waals surface area contributed by atoms with Crippen LogP contribution in [-0.2, 0) is 20.9 Å². The summed E-state index contributed by atoms with van der Waals surface area (Å²) in [5, 5.41) is 7.27. The molecule has 2 aromatic rings. The molecule has 0 saturated carbocycles. The van der Waals surface area contributed by atoms with E-state index in [1.165, 1.54) is 12.1 Å². The van der Waals surface area contributed by atoms with Gasteiger partial charge in [0.25, 0.3) is 5.91 Å². The van der Waals surface area contributed by atoms with Crippen LogP contribution in [0, 0.1) is 0 Å². The molecule has 3 rings (SSSR count). The average molecular weight is 512 g/mol. The highest BCUT2D eigenvalue weighted by Gasteiger charge is 2.43. The summed E-state index contributed by atoms with van der Waals surface area (Å²) < 4.78 is 107. The Morgan fingerprint density at radius 2 is 1.88 bits per heavy atom. The maximum atomic E-state index is 13.3. The number of rotatable bonds is 4. The van der Waals surface area contributed by atoms with Crippen LogP contribution in [0.5, 0.6) is 0 Å². The molecule has 34 heavy (non-hydrogen) atoms. The number of sulfonamides is 1. The van der Waals surface area contributed by atoms with Gasteiger partial charge in [-0.05, 0) is 30.7 Å². The highest BCUT2D eigenvalue weighted by molar-refractivity contribution is 7.89. The normalized spacial score (nSPS) is 17.9. The summed E-state index contributed by atoms with van der Waals surface area (Å²) in [6, 6.07) is 5.08. The van der Waals surface area contributed by atoms with Crippen molar-refractivity contribution in [1.29, 1.82) is 0 Å². The van der Waals surface area contributed by atoms with Crippen LogP contribution in [0.25, 0.3) is 0 Å². The number of anilines is 2. The maximum Gasteiger partial charge on any atom is 0.417 e. The molecule has 1 aromatic heterocycles. The number of hydrogen-bond donors (Lipinski definition) is 2. The largest absolute Gasteiger partial charge is 0.417 e. The van der Waals surface area contributed by atoms with E-state index in [9.17, 15) is 39.6 Å². The molecule has 1 aliphatic heterocycles. The molecule has 0 spiro atoms. The Balaban J connectivity index is 2.01. The van der Waals surface area contributed by atoms with Crippen molar-refractivity contribution in [1.82, 2.24) is 4.98 Å². The Kier molecular flexibility index (Phi) is 7.10. The molecule has 0 bridgehead atoms. The second-order valence-corrected chi connectivity index (χ2v) is 8.88. The van der Waals surface area contributed by atoms with Crippen molar-refractivity contribution in [3.05, 3.63) is 47.7 Å². The quantitative estimate of drug-likeness (QED) is 0.609. The van der Waals surface area contributed by atoms with Gasteiger partial charge in [0, 0.05) is 25.0 Å². The molecule has 1 amide bonds. The van der Waals surface area contributed by atoms with E-state index in [2.05, 4.69) is 10.3 Å². The molecular weight excluding hydrogens is 494 g/mol. The summed E-state index contributed by atoms with van der Waals surface area (Å²) in [5.74, 6) is -1.55. The Morgan fingerprint density at radius 3 is 2.50 bits per heavy atom. The van der Waals surface area contributed by atoms with Crippen molar-refractivity contribution in [3.63, 3.8) is 0 Å². The van der Waals surface area contributed by atoms with Crippen LogP contribution in [0.15, 0.2) is 41.4 Å². The number of halogens is 6. The number of alkyl halides is 6. The number of nitrogens with one attached hydrogen (secondary N) is 1.